The molecule has 76 heavy (non-hydrogen) atoms. The molecule has 0 saturated carbocycles. The highest BCUT2D eigenvalue weighted by atomic mass is 31.2. The van der Waals surface area contributed by atoms with Gasteiger partial charge in [0, 0.05) is 19.3 Å². The number of allylic oxidation sites excluding steroid dienone is 10. The summed E-state index contributed by atoms with van der Waals surface area (Å²) in [6, 6.07) is 0. The van der Waals surface area contributed by atoms with Crippen LogP contribution in [-0.2, 0) is 42.2 Å². The highest BCUT2D eigenvalue weighted by molar-refractivity contribution is 7.47. The van der Waals surface area contributed by atoms with Crippen LogP contribution >= 0.6 is 7.82 Å². The summed E-state index contributed by atoms with van der Waals surface area (Å²) in [5, 5.41) is 9.83. The third kappa shape index (κ3) is 55.9. The number of esters is 3. The van der Waals surface area contributed by atoms with Crippen molar-refractivity contribution in [3.63, 3.8) is 0 Å². The molecule has 0 aromatic carbocycles. The molecule has 11 nitrogen and oxygen atoms in total. The summed E-state index contributed by atoms with van der Waals surface area (Å²) < 4.78 is 39.6. The summed E-state index contributed by atoms with van der Waals surface area (Å²) >= 11 is 0. The first-order valence-corrected chi connectivity index (χ1v) is 32.7. The smallest absolute Gasteiger partial charge is 0.462 e. The van der Waals surface area contributed by atoms with Gasteiger partial charge in [-0.05, 0) is 83.5 Å². The van der Waals surface area contributed by atoms with Gasteiger partial charge >= 0.3 is 25.7 Å². The van der Waals surface area contributed by atoms with Gasteiger partial charge in [-0.25, -0.2) is 4.57 Å². The van der Waals surface area contributed by atoms with Gasteiger partial charge < -0.3 is 24.2 Å². The molecule has 0 rings (SSSR count). The molecule has 0 spiro atoms. The fourth-order valence-corrected chi connectivity index (χ4v) is 9.48. The van der Waals surface area contributed by atoms with Crippen molar-refractivity contribution in [2.24, 2.45) is 0 Å². The topological polar surface area (TPSA) is 155 Å². The Hall–Kier alpha value is -2.82. The molecule has 0 heterocycles. The first kappa shape index (κ1) is 73.2. The van der Waals surface area contributed by atoms with Crippen molar-refractivity contribution >= 4 is 25.7 Å². The number of hydrogen-bond acceptors (Lipinski definition) is 10. The van der Waals surface area contributed by atoms with Crippen LogP contribution in [0.3, 0.4) is 0 Å². The van der Waals surface area contributed by atoms with E-state index in [0.29, 0.717) is 19.3 Å². The fraction of sp³-hybridized carbons (Fsp3) is 0.797. The Balaban J connectivity index is 4.71. The molecule has 0 aromatic heterocycles. The second-order valence-corrected chi connectivity index (χ2v) is 22.3. The standard InChI is InChI=1S/C64H115O11P/c1-4-7-10-13-16-19-22-25-28-29-30-31-34-35-38-41-44-47-50-53-62(66)71-57-61(75-64(68)55-52-49-46-43-40-37-33-27-24-21-18-15-12-9-6-3)59-73-76(69,70)72-58-60(56-65)74-63(67)54-51-48-45-42-39-36-32-26-23-20-17-14-11-8-5-2/h9,12,18,21,25,27-28,33,40,43,60-61,65H,4-8,10-11,13-17,19-20,22-24,26,29-32,34-39,41-42,44-59H2,1-3H3,(H,69,70)/b12-9-,21-18-,28-25-,33-27-,43-40-. The van der Waals surface area contributed by atoms with Crippen LogP contribution in [-0.4, -0.2) is 66.5 Å². The first-order chi connectivity index (χ1) is 37.2. The van der Waals surface area contributed by atoms with Gasteiger partial charge in [-0.2, -0.15) is 0 Å². The normalized spacial score (nSPS) is 13.7. The zero-order chi connectivity index (χ0) is 55.5. The molecular weight excluding hydrogens is 976 g/mol. The lowest BCUT2D eigenvalue weighted by Gasteiger charge is -2.21. The number of phosphoric ester groups is 1. The van der Waals surface area contributed by atoms with Crippen molar-refractivity contribution in [1.29, 1.82) is 0 Å². The molecule has 0 fully saturated rings. The fourth-order valence-electron chi connectivity index (χ4n) is 8.70. The lowest BCUT2D eigenvalue weighted by Crippen LogP contribution is -2.30. The molecule has 0 radical (unpaired) electrons. The molecule has 442 valence electrons. The Kier molecular flexibility index (Phi) is 56.2. The predicted octanol–water partition coefficient (Wildman–Crippen LogP) is 18.7. The SMILES string of the molecule is CC/C=C\C/C=C\C/C=C\C/C=C\CCCCC(=O)OC(COC(=O)CCCCCCCCCCC/C=C\CCCCCCCC)COP(=O)(O)OCC(CO)OC(=O)CCCCCCCCCCCCCCCCC. The summed E-state index contributed by atoms with van der Waals surface area (Å²) in [7, 11) is -4.76. The Morgan fingerprint density at radius 3 is 1.09 bits per heavy atom. The van der Waals surface area contributed by atoms with Gasteiger partial charge in [0.25, 0.3) is 0 Å². The van der Waals surface area contributed by atoms with E-state index in [1.165, 1.54) is 154 Å². The van der Waals surface area contributed by atoms with Crippen LogP contribution < -0.4 is 0 Å². The van der Waals surface area contributed by atoms with Gasteiger partial charge in [-0.3, -0.25) is 23.4 Å². The Morgan fingerprint density at radius 1 is 0.382 bits per heavy atom. The zero-order valence-corrected chi connectivity index (χ0v) is 49.9. The zero-order valence-electron chi connectivity index (χ0n) is 49.0. The number of phosphoric acid groups is 1. The molecule has 2 N–H and O–H groups in total. The van der Waals surface area contributed by atoms with Gasteiger partial charge in [-0.1, -0.05) is 248 Å². The van der Waals surface area contributed by atoms with E-state index in [0.717, 1.165) is 77.0 Å². The summed E-state index contributed by atoms with van der Waals surface area (Å²) in [4.78, 5) is 48.6. The number of rotatable bonds is 58. The van der Waals surface area contributed by atoms with Crippen molar-refractivity contribution < 1.29 is 52.2 Å². The molecule has 0 saturated heterocycles. The molecule has 0 amide bonds. The average Bonchev–Trinajstić information content (AvgIpc) is 3.41. The summed E-state index contributed by atoms with van der Waals surface area (Å²) in [5.74, 6) is -1.50. The highest BCUT2D eigenvalue weighted by Gasteiger charge is 2.28. The highest BCUT2D eigenvalue weighted by Crippen LogP contribution is 2.43. The van der Waals surface area contributed by atoms with E-state index in [-0.39, 0.29) is 25.9 Å². The number of hydrogen-bond donors (Lipinski definition) is 2. The molecule has 0 bridgehead atoms. The predicted molar refractivity (Wildman–Crippen MR) is 316 cm³/mol. The number of carbonyl (C=O) groups excluding carboxylic acids is 3. The van der Waals surface area contributed by atoms with Crippen molar-refractivity contribution in [1.82, 2.24) is 0 Å². The van der Waals surface area contributed by atoms with Crippen LogP contribution in [0.1, 0.15) is 290 Å². The Labute approximate surface area is 465 Å². The van der Waals surface area contributed by atoms with Gasteiger partial charge in [0.1, 0.15) is 12.7 Å². The molecule has 0 aromatic rings. The molecule has 0 aliphatic heterocycles. The van der Waals surface area contributed by atoms with Gasteiger partial charge in [0.05, 0.1) is 19.8 Å². The quantitative estimate of drug-likeness (QED) is 0.0197. The maximum absolute atomic E-state index is 12.9. The maximum Gasteiger partial charge on any atom is 0.472 e. The average molecular weight is 1090 g/mol. The third-order valence-corrected chi connectivity index (χ3v) is 14.4. The van der Waals surface area contributed by atoms with Crippen molar-refractivity contribution in [3.8, 4) is 0 Å². The Bertz CT molecular complexity index is 1510. The van der Waals surface area contributed by atoms with Crippen molar-refractivity contribution in [2.75, 3.05) is 26.4 Å². The second-order valence-electron chi connectivity index (χ2n) is 20.8. The van der Waals surface area contributed by atoms with E-state index < -0.39 is 57.8 Å². The van der Waals surface area contributed by atoms with Crippen LogP contribution in [0.2, 0.25) is 0 Å². The van der Waals surface area contributed by atoms with E-state index >= 15 is 0 Å². The first-order valence-electron chi connectivity index (χ1n) is 31.2. The number of aliphatic hydroxyl groups is 1. The van der Waals surface area contributed by atoms with Crippen LogP contribution in [0.25, 0.3) is 0 Å². The Morgan fingerprint density at radius 2 is 0.684 bits per heavy atom. The van der Waals surface area contributed by atoms with Crippen molar-refractivity contribution in [3.05, 3.63) is 60.8 Å². The van der Waals surface area contributed by atoms with Gasteiger partial charge in [-0.15, -0.1) is 0 Å². The minimum absolute atomic E-state index is 0.116. The molecule has 0 aliphatic carbocycles. The van der Waals surface area contributed by atoms with E-state index in [4.69, 9.17) is 23.3 Å². The summed E-state index contributed by atoms with van der Waals surface area (Å²) in [6.45, 7) is 4.52. The maximum atomic E-state index is 12.9. The van der Waals surface area contributed by atoms with Crippen LogP contribution in [0.15, 0.2) is 60.8 Å². The largest absolute Gasteiger partial charge is 0.472 e. The number of carbonyl (C=O) groups is 3. The monoisotopic (exact) mass is 1090 g/mol. The van der Waals surface area contributed by atoms with Crippen LogP contribution in [0.5, 0.6) is 0 Å². The number of ether oxygens (including phenoxy) is 3. The lowest BCUT2D eigenvalue weighted by molar-refractivity contribution is -0.161. The molecule has 3 atom stereocenters. The van der Waals surface area contributed by atoms with E-state index in [1.54, 1.807) is 0 Å². The van der Waals surface area contributed by atoms with E-state index in [2.05, 4.69) is 81.5 Å². The summed E-state index contributed by atoms with van der Waals surface area (Å²) in [5.41, 5.74) is 0. The van der Waals surface area contributed by atoms with Gasteiger partial charge in [0.2, 0.25) is 0 Å². The molecular formula is C64H115O11P. The van der Waals surface area contributed by atoms with E-state index in [9.17, 15) is 28.9 Å². The minimum atomic E-state index is -4.76. The summed E-state index contributed by atoms with van der Waals surface area (Å²) in [6.07, 6.45) is 64.7. The van der Waals surface area contributed by atoms with Crippen LogP contribution in [0, 0.1) is 0 Å². The van der Waals surface area contributed by atoms with Gasteiger partial charge in [0.15, 0.2) is 6.10 Å². The third-order valence-electron chi connectivity index (χ3n) is 13.4. The molecule has 3 unspecified atom stereocenters. The molecule has 0 aliphatic rings. The van der Waals surface area contributed by atoms with E-state index in [1.807, 2.05) is 0 Å². The lowest BCUT2D eigenvalue weighted by atomic mass is 10.0. The molecule has 12 heteroatoms. The number of unbranched alkanes of at least 4 members (excludes halogenated alkanes) is 31. The minimum Gasteiger partial charge on any atom is -0.462 e. The van der Waals surface area contributed by atoms with Crippen LogP contribution in [0.4, 0.5) is 0 Å². The number of aliphatic hydroxyl groups excluding tert-OH is 1. The van der Waals surface area contributed by atoms with Crippen molar-refractivity contribution in [2.45, 2.75) is 303 Å². The second kappa shape index (κ2) is 58.3.